The van der Waals surface area contributed by atoms with E-state index in [0.717, 1.165) is 18.5 Å². The summed E-state index contributed by atoms with van der Waals surface area (Å²) in [6, 6.07) is 7.64. The smallest absolute Gasteiger partial charge is 0.181 e. The first-order valence-corrected chi connectivity index (χ1v) is 6.11. The van der Waals surface area contributed by atoms with E-state index < -0.39 is 6.10 Å². The van der Waals surface area contributed by atoms with Crippen LogP contribution in [-0.2, 0) is 6.54 Å². The van der Waals surface area contributed by atoms with Gasteiger partial charge < -0.3 is 10.1 Å². The molecule has 1 atom stereocenters. The monoisotopic (exact) mass is 252 g/mol. The van der Waals surface area contributed by atoms with Gasteiger partial charge in [0.1, 0.15) is 11.8 Å². The Morgan fingerprint density at radius 2 is 2.29 bits per heavy atom. The van der Waals surface area contributed by atoms with Crippen molar-refractivity contribution in [2.45, 2.75) is 32.9 Å². The fourth-order valence-corrected chi connectivity index (χ4v) is 1.67. The molecule has 0 bridgehead atoms. The molecule has 0 aliphatic rings. The summed E-state index contributed by atoms with van der Waals surface area (Å²) in [5, 5.41) is 12.6. The number of hydrogen-bond donors (Lipinski definition) is 1. The van der Waals surface area contributed by atoms with Gasteiger partial charge in [-0.25, -0.2) is 0 Å². The first-order valence-electron chi connectivity index (χ1n) is 5.73. The van der Waals surface area contributed by atoms with Gasteiger partial charge in [-0.05, 0) is 26.0 Å². The summed E-state index contributed by atoms with van der Waals surface area (Å²) in [7, 11) is 0. The Kier molecular flexibility index (Phi) is 5.82. The maximum atomic E-state index is 8.76. The molecule has 0 heterocycles. The SMILES string of the molecule is CCCNCc1cccc(Cl)c1OC(C)C#N. The summed E-state index contributed by atoms with van der Waals surface area (Å²) in [6.45, 7) is 5.45. The molecule has 0 saturated heterocycles. The highest BCUT2D eigenvalue weighted by Gasteiger charge is 2.11. The Hall–Kier alpha value is -1.24. The van der Waals surface area contributed by atoms with Crippen LogP contribution in [-0.4, -0.2) is 12.6 Å². The average Bonchev–Trinajstić information content (AvgIpc) is 2.33. The van der Waals surface area contributed by atoms with Crippen LogP contribution in [0.3, 0.4) is 0 Å². The number of halogens is 1. The second-order valence-electron chi connectivity index (χ2n) is 3.79. The maximum absolute atomic E-state index is 8.76. The highest BCUT2D eigenvalue weighted by Crippen LogP contribution is 2.29. The highest BCUT2D eigenvalue weighted by atomic mass is 35.5. The van der Waals surface area contributed by atoms with Gasteiger partial charge in [0.15, 0.2) is 6.10 Å². The minimum Gasteiger partial charge on any atom is -0.474 e. The van der Waals surface area contributed by atoms with E-state index in [1.807, 2.05) is 18.2 Å². The Labute approximate surface area is 107 Å². The number of nitriles is 1. The number of para-hydroxylation sites is 1. The van der Waals surface area contributed by atoms with E-state index in [2.05, 4.69) is 12.2 Å². The maximum Gasteiger partial charge on any atom is 0.181 e. The van der Waals surface area contributed by atoms with Crippen molar-refractivity contribution in [3.05, 3.63) is 28.8 Å². The molecule has 1 aromatic rings. The van der Waals surface area contributed by atoms with E-state index in [0.29, 0.717) is 17.3 Å². The molecule has 0 aliphatic carbocycles. The molecule has 1 unspecified atom stereocenters. The number of benzene rings is 1. The van der Waals surface area contributed by atoms with E-state index in [4.69, 9.17) is 21.6 Å². The van der Waals surface area contributed by atoms with Crippen LogP contribution in [0.4, 0.5) is 0 Å². The van der Waals surface area contributed by atoms with Crippen LogP contribution in [0.2, 0.25) is 5.02 Å². The molecular weight excluding hydrogens is 236 g/mol. The van der Waals surface area contributed by atoms with Gasteiger partial charge >= 0.3 is 0 Å². The quantitative estimate of drug-likeness (QED) is 0.791. The van der Waals surface area contributed by atoms with Gasteiger partial charge in [0.2, 0.25) is 0 Å². The third kappa shape index (κ3) is 4.26. The van der Waals surface area contributed by atoms with Crippen LogP contribution in [0.5, 0.6) is 5.75 Å². The van der Waals surface area contributed by atoms with E-state index in [-0.39, 0.29) is 0 Å². The molecule has 1 rings (SSSR count). The number of nitrogens with one attached hydrogen (secondary N) is 1. The van der Waals surface area contributed by atoms with Crippen molar-refractivity contribution >= 4 is 11.6 Å². The predicted molar refractivity (Wildman–Crippen MR) is 69.2 cm³/mol. The van der Waals surface area contributed by atoms with Crippen LogP contribution < -0.4 is 10.1 Å². The molecule has 4 heteroatoms. The third-order valence-corrected chi connectivity index (χ3v) is 2.56. The third-order valence-electron chi connectivity index (χ3n) is 2.27. The Morgan fingerprint density at radius 1 is 1.53 bits per heavy atom. The van der Waals surface area contributed by atoms with Gasteiger partial charge in [-0.1, -0.05) is 30.7 Å². The number of ether oxygens (including phenoxy) is 1. The van der Waals surface area contributed by atoms with Gasteiger partial charge in [-0.2, -0.15) is 5.26 Å². The fourth-order valence-electron chi connectivity index (χ4n) is 1.43. The van der Waals surface area contributed by atoms with Crippen LogP contribution >= 0.6 is 11.6 Å². The molecule has 1 N–H and O–H groups in total. The molecule has 0 spiro atoms. The van der Waals surface area contributed by atoms with Crippen molar-refractivity contribution in [1.82, 2.24) is 5.32 Å². The summed E-state index contributed by atoms with van der Waals surface area (Å²) < 4.78 is 5.52. The van der Waals surface area contributed by atoms with Crippen molar-refractivity contribution in [2.75, 3.05) is 6.54 Å². The summed E-state index contributed by atoms with van der Waals surface area (Å²) in [5.41, 5.74) is 0.980. The molecular formula is C13H17ClN2O. The van der Waals surface area contributed by atoms with Gasteiger partial charge in [-0.15, -0.1) is 0 Å². The molecule has 0 aromatic heterocycles. The van der Waals surface area contributed by atoms with E-state index in [9.17, 15) is 0 Å². The highest BCUT2D eigenvalue weighted by molar-refractivity contribution is 6.32. The molecule has 0 radical (unpaired) electrons. The average molecular weight is 253 g/mol. The van der Waals surface area contributed by atoms with Gasteiger partial charge in [-0.3, -0.25) is 0 Å². The summed E-state index contributed by atoms with van der Waals surface area (Å²) in [6.07, 6.45) is 0.575. The molecule has 0 aliphatic heterocycles. The molecule has 92 valence electrons. The second-order valence-corrected chi connectivity index (χ2v) is 4.20. The lowest BCUT2D eigenvalue weighted by molar-refractivity contribution is 0.273. The van der Waals surface area contributed by atoms with Crippen molar-refractivity contribution in [1.29, 1.82) is 5.26 Å². The topological polar surface area (TPSA) is 45.0 Å². The van der Waals surface area contributed by atoms with Crippen LogP contribution in [0.1, 0.15) is 25.8 Å². The van der Waals surface area contributed by atoms with E-state index in [1.165, 1.54) is 0 Å². The van der Waals surface area contributed by atoms with Crippen molar-refractivity contribution in [3.63, 3.8) is 0 Å². The lowest BCUT2D eigenvalue weighted by Gasteiger charge is -2.14. The standard InChI is InChI=1S/C13H17ClN2O/c1-3-7-16-9-11-5-4-6-12(14)13(11)17-10(2)8-15/h4-6,10,16H,3,7,9H2,1-2H3. The first kappa shape index (κ1) is 13.8. The molecule has 3 nitrogen and oxygen atoms in total. The van der Waals surface area contributed by atoms with Crippen molar-refractivity contribution in [3.8, 4) is 11.8 Å². The van der Waals surface area contributed by atoms with Crippen molar-refractivity contribution < 1.29 is 4.74 Å². The summed E-state index contributed by atoms with van der Waals surface area (Å²) in [4.78, 5) is 0. The van der Waals surface area contributed by atoms with E-state index >= 15 is 0 Å². The van der Waals surface area contributed by atoms with Gasteiger partial charge in [0.25, 0.3) is 0 Å². The summed E-state index contributed by atoms with van der Waals surface area (Å²) >= 11 is 6.08. The number of hydrogen-bond acceptors (Lipinski definition) is 3. The summed E-state index contributed by atoms with van der Waals surface area (Å²) in [5.74, 6) is 0.604. The Morgan fingerprint density at radius 3 is 2.94 bits per heavy atom. The molecule has 17 heavy (non-hydrogen) atoms. The minimum atomic E-state index is -0.500. The Balaban J connectivity index is 2.81. The molecule has 0 amide bonds. The minimum absolute atomic E-state index is 0.500. The van der Waals surface area contributed by atoms with Gasteiger partial charge in [0, 0.05) is 12.1 Å². The molecule has 0 fully saturated rings. The van der Waals surface area contributed by atoms with Crippen molar-refractivity contribution in [2.24, 2.45) is 0 Å². The van der Waals surface area contributed by atoms with Crippen LogP contribution in [0.25, 0.3) is 0 Å². The lowest BCUT2D eigenvalue weighted by Crippen LogP contribution is -2.16. The zero-order chi connectivity index (χ0) is 12.7. The Bertz CT molecular complexity index is 401. The number of nitrogens with zero attached hydrogens (tertiary/aromatic N) is 1. The molecule has 1 aromatic carbocycles. The zero-order valence-electron chi connectivity index (χ0n) is 10.2. The fraction of sp³-hybridized carbons (Fsp3) is 0.462. The normalized spacial score (nSPS) is 11.9. The van der Waals surface area contributed by atoms with Gasteiger partial charge in [0.05, 0.1) is 5.02 Å². The predicted octanol–water partition coefficient (Wildman–Crippen LogP) is 3.13. The lowest BCUT2D eigenvalue weighted by atomic mass is 10.2. The van der Waals surface area contributed by atoms with E-state index in [1.54, 1.807) is 13.0 Å². The van der Waals surface area contributed by atoms with Crippen LogP contribution in [0, 0.1) is 11.3 Å². The zero-order valence-corrected chi connectivity index (χ0v) is 10.9. The largest absolute Gasteiger partial charge is 0.474 e. The second kappa shape index (κ2) is 7.16. The molecule has 0 saturated carbocycles. The number of rotatable bonds is 6. The first-order chi connectivity index (χ1) is 8.19. The van der Waals surface area contributed by atoms with Crippen LogP contribution in [0.15, 0.2) is 18.2 Å².